The molecule has 41 heavy (non-hydrogen) atoms. The Morgan fingerprint density at radius 2 is 1.29 bits per heavy atom. The van der Waals surface area contributed by atoms with E-state index in [-0.39, 0.29) is 43.7 Å². The average molecular weight is 566 g/mol. The molecule has 3 amide bonds. The van der Waals surface area contributed by atoms with E-state index in [4.69, 9.17) is 18.9 Å². The predicted molar refractivity (Wildman–Crippen MR) is 154 cm³/mol. The summed E-state index contributed by atoms with van der Waals surface area (Å²) in [6, 6.07) is 15.4. The third kappa shape index (κ3) is 12.1. The number of hydrogen-bond donors (Lipinski definition) is 2. The van der Waals surface area contributed by atoms with Crippen LogP contribution in [0.15, 0.2) is 48.5 Å². The van der Waals surface area contributed by atoms with E-state index in [1.165, 1.54) is 6.92 Å². The van der Waals surface area contributed by atoms with Gasteiger partial charge in [0, 0.05) is 44.0 Å². The van der Waals surface area contributed by atoms with E-state index in [2.05, 4.69) is 22.5 Å². The molecule has 2 aromatic rings. The van der Waals surface area contributed by atoms with Gasteiger partial charge in [-0.15, -0.1) is 0 Å². The zero-order valence-corrected chi connectivity index (χ0v) is 23.6. The lowest BCUT2D eigenvalue weighted by molar-refractivity contribution is -0.123. The Labute approximate surface area is 241 Å². The molecule has 0 spiro atoms. The van der Waals surface area contributed by atoms with E-state index in [1.54, 1.807) is 4.90 Å². The van der Waals surface area contributed by atoms with Gasteiger partial charge in [-0.2, -0.15) is 0 Å². The van der Waals surface area contributed by atoms with Crippen LogP contribution in [0.4, 0.5) is 5.69 Å². The molecule has 10 heteroatoms. The molecule has 0 fully saturated rings. The van der Waals surface area contributed by atoms with Crippen molar-refractivity contribution in [2.75, 3.05) is 70.8 Å². The van der Waals surface area contributed by atoms with Crippen molar-refractivity contribution in [1.29, 1.82) is 0 Å². The Morgan fingerprint density at radius 1 is 0.707 bits per heavy atom. The summed E-state index contributed by atoms with van der Waals surface area (Å²) in [7, 11) is 0. The second-order valence-electron chi connectivity index (χ2n) is 9.19. The molecule has 0 aromatic heterocycles. The van der Waals surface area contributed by atoms with Crippen molar-refractivity contribution in [3.8, 4) is 11.8 Å². The molecule has 0 unspecified atom stereocenters. The number of amides is 3. The van der Waals surface area contributed by atoms with Gasteiger partial charge in [-0.3, -0.25) is 14.4 Å². The standard InChI is InChI=1S/C31H39N3O7/c1-25(35)32-15-17-39-19-21-41-23-22-40-20-18-38-16-13-30(36)33-14-12-31(37)34-24-28-8-3-2-6-26(28)10-11-27-7-4-5-9-29(27)34/h2-9H,12-24H2,1H3,(H,32,35)(H,33,36). The minimum absolute atomic E-state index is 0.0768. The highest BCUT2D eigenvalue weighted by atomic mass is 16.6. The van der Waals surface area contributed by atoms with Crippen LogP contribution in [-0.2, 0) is 39.9 Å². The number of benzene rings is 2. The summed E-state index contributed by atoms with van der Waals surface area (Å²) in [5.74, 6) is 6.07. The molecule has 2 aromatic carbocycles. The minimum atomic E-state index is -0.171. The number of nitrogens with one attached hydrogen (secondary N) is 2. The first kappa shape index (κ1) is 31.8. The van der Waals surface area contributed by atoms with Crippen molar-refractivity contribution in [3.05, 3.63) is 65.2 Å². The van der Waals surface area contributed by atoms with Crippen LogP contribution in [0.2, 0.25) is 0 Å². The van der Waals surface area contributed by atoms with E-state index in [1.807, 2.05) is 48.5 Å². The third-order valence-corrected chi connectivity index (χ3v) is 6.04. The molecule has 0 radical (unpaired) electrons. The molecule has 3 rings (SSSR count). The maximum atomic E-state index is 13.2. The summed E-state index contributed by atoms with van der Waals surface area (Å²) in [4.78, 5) is 37.9. The van der Waals surface area contributed by atoms with Gasteiger partial charge in [0.05, 0.1) is 65.1 Å². The highest BCUT2D eigenvalue weighted by molar-refractivity contribution is 5.95. The number of hydrogen-bond acceptors (Lipinski definition) is 7. The Balaban J connectivity index is 1.23. The maximum absolute atomic E-state index is 13.2. The minimum Gasteiger partial charge on any atom is -0.379 e. The second-order valence-corrected chi connectivity index (χ2v) is 9.19. The molecular formula is C31H39N3O7. The monoisotopic (exact) mass is 565 g/mol. The van der Waals surface area contributed by atoms with Crippen molar-refractivity contribution < 1.29 is 33.3 Å². The molecular weight excluding hydrogens is 526 g/mol. The quantitative estimate of drug-likeness (QED) is 0.210. The number of rotatable bonds is 18. The fourth-order valence-electron chi connectivity index (χ4n) is 3.97. The van der Waals surface area contributed by atoms with Crippen LogP contribution < -0.4 is 15.5 Å². The lowest BCUT2D eigenvalue weighted by Gasteiger charge is -2.26. The van der Waals surface area contributed by atoms with Gasteiger partial charge in [0.25, 0.3) is 0 Å². The van der Waals surface area contributed by atoms with Crippen LogP contribution in [0, 0.1) is 11.8 Å². The number of anilines is 1. The SMILES string of the molecule is CC(=O)NCCOCCOCCOCCOCCC(=O)NCCC(=O)N1Cc2ccccc2C#Cc2ccccc21. The molecule has 1 aliphatic heterocycles. The molecule has 1 aliphatic rings. The van der Waals surface area contributed by atoms with E-state index in [0.29, 0.717) is 59.3 Å². The van der Waals surface area contributed by atoms with Crippen LogP contribution in [0.1, 0.15) is 36.5 Å². The van der Waals surface area contributed by atoms with Gasteiger partial charge in [-0.25, -0.2) is 0 Å². The lowest BCUT2D eigenvalue weighted by atomic mass is 10.0. The van der Waals surface area contributed by atoms with Gasteiger partial charge in [-0.1, -0.05) is 42.2 Å². The van der Waals surface area contributed by atoms with Gasteiger partial charge in [0.1, 0.15) is 0 Å². The number of ether oxygens (including phenoxy) is 4. The number of carbonyl (C=O) groups is 3. The first-order valence-corrected chi connectivity index (χ1v) is 13.9. The van der Waals surface area contributed by atoms with Crippen LogP contribution in [0.3, 0.4) is 0 Å². The van der Waals surface area contributed by atoms with Crippen molar-refractivity contribution in [1.82, 2.24) is 10.6 Å². The maximum Gasteiger partial charge on any atom is 0.229 e. The molecule has 0 aliphatic carbocycles. The smallest absolute Gasteiger partial charge is 0.229 e. The van der Waals surface area contributed by atoms with Crippen molar-refractivity contribution in [2.24, 2.45) is 0 Å². The Bertz CT molecular complexity index is 1190. The summed E-state index contributed by atoms with van der Waals surface area (Å²) in [6.07, 6.45) is 0.379. The van der Waals surface area contributed by atoms with Gasteiger partial charge in [-0.05, 0) is 23.8 Å². The first-order valence-electron chi connectivity index (χ1n) is 13.9. The topological polar surface area (TPSA) is 115 Å². The summed E-state index contributed by atoms with van der Waals surface area (Å²) in [5.41, 5.74) is 3.47. The van der Waals surface area contributed by atoms with E-state index >= 15 is 0 Å². The number of fused-ring (bicyclic) bond motifs is 2. The average Bonchev–Trinajstić information content (AvgIpc) is 2.96. The molecule has 0 saturated heterocycles. The Morgan fingerprint density at radius 3 is 2.00 bits per heavy atom. The Kier molecular flexibility index (Phi) is 14.4. The predicted octanol–water partition coefficient (Wildman–Crippen LogP) is 2.03. The molecule has 0 bridgehead atoms. The highest BCUT2D eigenvalue weighted by Crippen LogP contribution is 2.25. The van der Waals surface area contributed by atoms with Gasteiger partial charge >= 0.3 is 0 Å². The fourth-order valence-corrected chi connectivity index (χ4v) is 3.97. The number of carbonyl (C=O) groups excluding carboxylic acids is 3. The van der Waals surface area contributed by atoms with Crippen LogP contribution in [-0.4, -0.2) is 83.7 Å². The van der Waals surface area contributed by atoms with E-state index in [9.17, 15) is 14.4 Å². The van der Waals surface area contributed by atoms with Crippen molar-refractivity contribution >= 4 is 23.4 Å². The number of nitrogens with zero attached hydrogens (tertiary/aromatic N) is 1. The summed E-state index contributed by atoms with van der Waals surface area (Å²) in [6.45, 7) is 5.89. The van der Waals surface area contributed by atoms with Gasteiger partial charge in [0.15, 0.2) is 0 Å². The van der Waals surface area contributed by atoms with E-state index < -0.39 is 0 Å². The van der Waals surface area contributed by atoms with Crippen LogP contribution >= 0.6 is 0 Å². The van der Waals surface area contributed by atoms with Crippen LogP contribution in [0.5, 0.6) is 0 Å². The van der Waals surface area contributed by atoms with E-state index in [0.717, 1.165) is 22.4 Å². The van der Waals surface area contributed by atoms with Crippen LogP contribution in [0.25, 0.3) is 0 Å². The largest absolute Gasteiger partial charge is 0.379 e. The third-order valence-electron chi connectivity index (χ3n) is 6.04. The molecule has 220 valence electrons. The molecule has 0 atom stereocenters. The molecule has 0 saturated carbocycles. The first-order chi connectivity index (χ1) is 20.0. The zero-order valence-electron chi connectivity index (χ0n) is 23.6. The lowest BCUT2D eigenvalue weighted by Crippen LogP contribution is -2.35. The second kappa shape index (κ2) is 18.6. The summed E-state index contributed by atoms with van der Waals surface area (Å²) in [5, 5.41) is 5.45. The highest BCUT2D eigenvalue weighted by Gasteiger charge is 2.21. The van der Waals surface area contributed by atoms with Crippen molar-refractivity contribution in [3.63, 3.8) is 0 Å². The molecule has 1 heterocycles. The summed E-state index contributed by atoms with van der Waals surface area (Å²) < 4.78 is 21.6. The Hall–Kier alpha value is -3.75. The van der Waals surface area contributed by atoms with Gasteiger partial charge in [0.2, 0.25) is 17.7 Å². The normalized spacial score (nSPS) is 11.8. The zero-order chi connectivity index (χ0) is 29.1. The van der Waals surface area contributed by atoms with Crippen molar-refractivity contribution in [2.45, 2.75) is 26.3 Å². The molecule has 2 N–H and O–H groups in total. The summed E-state index contributed by atoms with van der Waals surface area (Å²) >= 11 is 0. The molecule has 10 nitrogen and oxygen atoms in total. The fraction of sp³-hybridized carbons (Fsp3) is 0.452. The van der Waals surface area contributed by atoms with Gasteiger partial charge < -0.3 is 34.5 Å². The number of para-hydroxylation sites is 1.